The summed E-state index contributed by atoms with van der Waals surface area (Å²) in [7, 11) is 0. The molecule has 3 rings (SSSR count). The first-order chi connectivity index (χ1) is 12.0. The van der Waals surface area contributed by atoms with Crippen molar-refractivity contribution in [1.82, 2.24) is 9.88 Å². The molecule has 0 radical (unpaired) electrons. The lowest BCUT2D eigenvalue weighted by atomic mass is 10.1. The van der Waals surface area contributed by atoms with Crippen LogP contribution in [0.25, 0.3) is 0 Å². The normalized spacial score (nSPS) is 13.1. The van der Waals surface area contributed by atoms with Gasteiger partial charge in [0.25, 0.3) is 11.8 Å². The first-order valence-corrected chi connectivity index (χ1v) is 9.11. The lowest BCUT2D eigenvalue weighted by molar-refractivity contribution is -0.116. The molecular weight excluding hydrogens is 454 g/mol. The summed E-state index contributed by atoms with van der Waals surface area (Å²) < 4.78 is 1.57. The number of fused-ring (bicyclic) bond motifs is 1. The summed E-state index contributed by atoms with van der Waals surface area (Å²) in [6, 6.07) is 8.46. The summed E-state index contributed by atoms with van der Waals surface area (Å²) in [6.07, 6.45) is 2.16. The van der Waals surface area contributed by atoms with E-state index in [1.54, 1.807) is 36.5 Å². The van der Waals surface area contributed by atoms with E-state index in [1.165, 1.54) is 4.90 Å². The minimum atomic E-state index is -0.323. The zero-order chi connectivity index (χ0) is 18.0. The van der Waals surface area contributed by atoms with Crippen LogP contribution in [-0.4, -0.2) is 34.2 Å². The Kier molecular flexibility index (Phi) is 5.29. The largest absolute Gasteiger partial charge is 0.311 e. The molecule has 0 unspecified atom stereocenters. The van der Waals surface area contributed by atoms with E-state index in [-0.39, 0.29) is 30.7 Å². The van der Waals surface area contributed by atoms with Crippen molar-refractivity contribution in [2.24, 2.45) is 0 Å². The van der Waals surface area contributed by atoms with Crippen molar-refractivity contribution >= 4 is 55.4 Å². The molecule has 1 aromatic heterocycles. The van der Waals surface area contributed by atoms with Gasteiger partial charge in [0, 0.05) is 28.1 Å². The summed E-state index contributed by atoms with van der Waals surface area (Å²) in [5.74, 6) is -0.397. The topological polar surface area (TPSA) is 79.4 Å². The van der Waals surface area contributed by atoms with Crippen LogP contribution in [0, 0.1) is 0 Å². The molecular formula is C17H13Br2N3O3. The van der Waals surface area contributed by atoms with Crippen LogP contribution < -0.4 is 5.32 Å². The molecule has 3 amide bonds. The summed E-state index contributed by atoms with van der Waals surface area (Å²) in [5.41, 5.74) is 0.791. The number of benzene rings is 1. The fraction of sp³-hybridized carbons (Fsp3) is 0.176. The van der Waals surface area contributed by atoms with Gasteiger partial charge in [-0.1, -0.05) is 15.9 Å². The number of carbonyl (C=O) groups excluding carboxylic acids is 3. The van der Waals surface area contributed by atoms with E-state index >= 15 is 0 Å². The third-order valence-corrected chi connectivity index (χ3v) is 4.68. The first kappa shape index (κ1) is 17.8. The van der Waals surface area contributed by atoms with E-state index in [2.05, 4.69) is 42.2 Å². The Morgan fingerprint density at radius 2 is 1.76 bits per heavy atom. The number of pyridine rings is 1. The van der Waals surface area contributed by atoms with Crippen LogP contribution >= 0.6 is 31.9 Å². The molecule has 25 heavy (non-hydrogen) atoms. The van der Waals surface area contributed by atoms with Crippen LogP contribution in [0.2, 0.25) is 0 Å². The highest BCUT2D eigenvalue weighted by molar-refractivity contribution is 9.10. The van der Waals surface area contributed by atoms with Gasteiger partial charge in [-0.05, 0) is 52.7 Å². The van der Waals surface area contributed by atoms with Crippen LogP contribution in [0.1, 0.15) is 33.6 Å². The highest BCUT2D eigenvalue weighted by Crippen LogP contribution is 2.26. The average Bonchev–Trinajstić information content (AvgIpc) is 2.81. The zero-order valence-corrected chi connectivity index (χ0v) is 16.1. The molecule has 1 N–H and O–H groups in total. The Labute approximate surface area is 160 Å². The third kappa shape index (κ3) is 3.96. The molecule has 0 atom stereocenters. The molecule has 0 aliphatic carbocycles. The number of carbonyl (C=O) groups is 3. The highest BCUT2D eigenvalue weighted by atomic mass is 79.9. The van der Waals surface area contributed by atoms with Gasteiger partial charge in [-0.15, -0.1) is 0 Å². The number of anilines is 1. The number of nitrogens with one attached hydrogen (secondary N) is 1. The Morgan fingerprint density at radius 1 is 1.04 bits per heavy atom. The van der Waals surface area contributed by atoms with Gasteiger partial charge in [0.15, 0.2) is 0 Å². The molecule has 8 heteroatoms. The predicted molar refractivity (Wildman–Crippen MR) is 99.3 cm³/mol. The number of rotatable bonds is 5. The van der Waals surface area contributed by atoms with E-state index in [1.807, 2.05) is 0 Å². The van der Waals surface area contributed by atoms with Gasteiger partial charge in [0.05, 0.1) is 11.1 Å². The van der Waals surface area contributed by atoms with Crippen molar-refractivity contribution in [1.29, 1.82) is 0 Å². The van der Waals surface area contributed by atoms with E-state index in [0.29, 0.717) is 23.4 Å². The highest BCUT2D eigenvalue weighted by Gasteiger charge is 2.35. The van der Waals surface area contributed by atoms with Crippen LogP contribution in [0.4, 0.5) is 5.82 Å². The molecule has 6 nitrogen and oxygen atoms in total. The van der Waals surface area contributed by atoms with Crippen molar-refractivity contribution in [3.63, 3.8) is 0 Å². The Morgan fingerprint density at radius 3 is 2.48 bits per heavy atom. The molecule has 1 aliphatic rings. The number of aromatic nitrogens is 1. The second-order valence-electron chi connectivity index (χ2n) is 5.47. The number of halogens is 2. The standard InChI is InChI=1S/C17H13Br2N3O3/c18-10-3-5-12-13(8-10)17(25)22(16(12)24)7-1-2-15(23)21-14-6-4-11(19)9-20-14/h3-6,8-9H,1-2,7H2,(H,20,21,23). The maximum atomic E-state index is 12.3. The molecule has 128 valence electrons. The molecule has 0 spiro atoms. The lowest BCUT2D eigenvalue weighted by Gasteiger charge is -2.13. The van der Waals surface area contributed by atoms with Gasteiger partial charge in [-0.2, -0.15) is 0 Å². The smallest absolute Gasteiger partial charge is 0.261 e. The van der Waals surface area contributed by atoms with Gasteiger partial charge >= 0.3 is 0 Å². The van der Waals surface area contributed by atoms with E-state index in [9.17, 15) is 14.4 Å². The second kappa shape index (κ2) is 7.45. The predicted octanol–water partition coefficient (Wildman–Crippen LogP) is 3.62. The van der Waals surface area contributed by atoms with Crippen LogP contribution in [0.15, 0.2) is 45.5 Å². The van der Waals surface area contributed by atoms with E-state index in [0.717, 1.165) is 8.95 Å². The maximum absolute atomic E-state index is 12.3. The molecule has 0 saturated carbocycles. The van der Waals surface area contributed by atoms with Crippen molar-refractivity contribution in [2.45, 2.75) is 12.8 Å². The quantitative estimate of drug-likeness (QED) is 0.682. The summed E-state index contributed by atoms with van der Waals surface area (Å²) in [6.45, 7) is 0.200. The fourth-order valence-electron chi connectivity index (χ4n) is 2.52. The molecule has 0 fully saturated rings. The fourth-order valence-corrected chi connectivity index (χ4v) is 3.11. The zero-order valence-electron chi connectivity index (χ0n) is 13.0. The van der Waals surface area contributed by atoms with Crippen LogP contribution in [0.3, 0.4) is 0 Å². The number of nitrogens with zero attached hydrogens (tertiary/aromatic N) is 2. The number of amides is 3. The van der Waals surface area contributed by atoms with E-state index < -0.39 is 0 Å². The van der Waals surface area contributed by atoms with Crippen molar-refractivity contribution in [3.8, 4) is 0 Å². The average molecular weight is 467 g/mol. The van der Waals surface area contributed by atoms with Crippen LogP contribution in [-0.2, 0) is 4.79 Å². The van der Waals surface area contributed by atoms with Gasteiger partial charge in [-0.3, -0.25) is 19.3 Å². The van der Waals surface area contributed by atoms with E-state index in [4.69, 9.17) is 0 Å². The molecule has 0 saturated heterocycles. The molecule has 0 bridgehead atoms. The Hall–Kier alpha value is -2.06. The van der Waals surface area contributed by atoms with Crippen molar-refractivity contribution in [3.05, 3.63) is 56.6 Å². The maximum Gasteiger partial charge on any atom is 0.261 e. The monoisotopic (exact) mass is 465 g/mol. The number of imide groups is 1. The molecule has 1 aromatic carbocycles. The summed E-state index contributed by atoms with van der Waals surface area (Å²) in [4.78, 5) is 41.8. The van der Waals surface area contributed by atoms with Gasteiger partial charge in [0.2, 0.25) is 5.91 Å². The molecule has 2 aromatic rings. The number of hydrogen-bond acceptors (Lipinski definition) is 4. The van der Waals surface area contributed by atoms with Crippen molar-refractivity contribution in [2.75, 3.05) is 11.9 Å². The van der Waals surface area contributed by atoms with Gasteiger partial charge in [-0.25, -0.2) is 4.98 Å². The van der Waals surface area contributed by atoms with Crippen LogP contribution in [0.5, 0.6) is 0 Å². The van der Waals surface area contributed by atoms with Gasteiger partial charge in [0.1, 0.15) is 5.82 Å². The second-order valence-corrected chi connectivity index (χ2v) is 7.30. The lowest BCUT2D eigenvalue weighted by Crippen LogP contribution is -2.31. The molecule has 2 heterocycles. The number of hydrogen-bond donors (Lipinski definition) is 1. The Bertz CT molecular complexity index is 853. The summed E-state index contributed by atoms with van der Waals surface area (Å²) >= 11 is 6.57. The summed E-state index contributed by atoms with van der Waals surface area (Å²) in [5, 5.41) is 2.68. The minimum absolute atomic E-state index is 0.189. The molecule has 1 aliphatic heterocycles. The van der Waals surface area contributed by atoms with Gasteiger partial charge < -0.3 is 5.32 Å². The third-order valence-electron chi connectivity index (χ3n) is 3.71. The van der Waals surface area contributed by atoms with Crippen molar-refractivity contribution < 1.29 is 14.4 Å². The minimum Gasteiger partial charge on any atom is -0.311 e. The Balaban J connectivity index is 1.54. The first-order valence-electron chi connectivity index (χ1n) is 7.53. The SMILES string of the molecule is O=C(CCCN1C(=O)c2ccc(Br)cc2C1=O)Nc1ccc(Br)cn1.